The smallest absolute Gasteiger partial charge is 0.157 e. The van der Waals surface area contributed by atoms with Crippen LogP contribution in [0.5, 0.6) is 0 Å². The van der Waals surface area contributed by atoms with Crippen LogP contribution < -0.4 is 0 Å². The average molecular weight is 274 g/mol. The van der Waals surface area contributed by atoms with Gasteiger partial charge in [0.15, 0.2) is 6.29 Å². The van der Waals surface area contributed by atoms with Gasteiger partial charge in [-0.2, -0.15) is 0 Å². The minimum absolute atomic E-state index is 0.0916. The van der Waals surface area contributed by atoms with Crippen LogP contribution in [-0.4, -0.2) is 44.3 Å². The van der Waals surface area contributed by atoms with Crippen molar-refractivity contribution in [3.8, 4) is 0 Å². The maximum absolute atomic E-state index is 9.26. The fourth-order valence-electron chi connectivity index (χ4n) is 1.06. The van der Waals surface area contributed by atoms with Gasteiger partial charge in [-0.15, -0.1) is 0 Å². The lowest BCUT2D eigenvalue weighted by Gasteiger charge is -2.33. The Hall–Kier alpha value is 0.570. The van der Waals surface area contributed by atoms with Gasteiger partial charge in [0.1, 0.15) is 6.10 Å². The SMILES string of the molecule is OC1C[C@@H](O)[C@@H](O)[C@@H](CI)O1. The van der Waals surface area contributed by atoms with Crippen LogP contribution in [0.3, 0.4) is 0 Å². The zero-order valence-electron chi connectivity index (χ0n) is 5.85. The summed E-state index contributed by atoms with van der Waals surface area (Å²) in [6.45, 7) is 0. The summed E-state index contributed by atoms with van der Waals surface area (Å²) in [4.78, 5) is 0. The maximum Gasteiger partial charge on any atom is 0.157 e. The molecule has 0 saturated carbocycles. The van der Waals surface area contributed by atoms with Gasteiger partial charge >= 0.3 is 0 Å². The summed E-state index contributed by atoms with van der Waals surface area (Å²) in [7, 11) is 0. The zero-order valence-corrected chi connectivity index (χ0v) is 8.01. The molecule has 0 aromatic heterocycles. The Morgan fingerprint density at radius 2 is 2.00 bits per heavy atom. The first-order valence-corrected chi connectivity index (χ1v) is 4.93. The lowest BCUT2D eigenvalue weighted by atomic mass is 10.0. The van der Waals surface area contributed by atoms with E-state index in [4.69, 9.17) is 14.9 Å². The first-order chi connectivity index (χ1) is 5.15. The monoisotopic (exact) mass is 274 g/mol. The molecule has 1 rings (SSSR count). The van der Waals surface area contributed by atoms with Crippen molar-refractivity contribution in [1.29, 1.82) is 0 Å². The third-order valence-electron chi connectivity index (χ3n) is 1.70. The van der Waals surface area contributed by atoms with Gasteiger partial charge in [0.05, 0.1) is 12.2 Å². The summed E-state index contributed by atoms with van der Waals surface area (Å²) >= 11 is 2.03. The topological polar surface area (TPSA) is 69.9 Å². The Bertz CT molecular complexity index is 132. The molecule has 4 atom stereocenters. The van der Waals surface area contributed by atoms with Gasteiger partial charge in [0.2, 0.25) is 0 Å². The zero-order chi connectivity index (χ0) is 8.43. The van der Waals surface area contributed by atoms with E-state index >= 15 is 0 Å². The van der Waals surface area contributed by atoms with Crippen molar-refractivity contribution >= 4 is 22.6 Å². The fraction of sp³-hybridized carbons (Fsp3) is 1.00. The number of rotatable bonds is 1. The van der Waals surface area contributed by atoms with Gasteiger partial charge < -0.3 is 20.1 Å². The Morgan fingerprint density at radius 3 is 2.55 bits per heavy atom. The van der Waals surface area contributed by atoms with E-state index in [1.165, 1.54) is 0 Å². The molecule has 0 aliphatic carbocycles. The molecule has 0 spiro atoms. The molecule has 0 bridgehead atoms. The predicted molar refractivity (Wildman–Crippen MR) is 46.4 cm³/mol. The first kappa shape index (κ1) is 9.66. The molecule has 0 aromatic carbocycles. The van der Waals surface area contributed by atoms with Crippen molar-refractivity contribution in [3.63, 3.8) is 0 Å². The van der Waals surface area contributed by atoms with Gasteiger partial charge in [-0.1, -0.05) is 22.6 Å². The lowest BCUT2D eigenvalue weighted by molar-refractivity contribution is -0.224. The Labute approximate surface area is 78.3 Å². The van der Waals surface area contributed by atoms with E-state index in [1.54, 1.807) is 0 Å². The summed E-state index contributed by atoms with van der Waals surface area (Å²) in [5, 5.41) is 27.4. The summed E-state index contributed by atoms with van der Waals surface area (Å²) < 4.78 is 5.52. The highest BCUT2D eigenvalue weighted by Gasteiger charge is 2.34. The van der Waals surface area contributed by atoms with E-state index in [2.05, 4.69) is 0 Å². The molecule has 1 aliphatic heterocycles. The van der Waals surface area contributed by atoms with Crippen LogP contribution in [-0.2, 0) is 4.74 Å². The van der Waals surface area contributed by atoms with Crippen molar-refractivity contribution < 1.29 is 20.1 Å². The highest BCUT2D eigenvalue weighted by Crippen LogP contribution is 2.20. The number of hydrogen-bond acceptors (Lipinski definition) is 4. The Morgan fingerprint density at radius 1 is 1.36 bits per heavy atom. The molecule has 0 radical (unpaired) electrons. The molecule has 3 N–H and O–H groups in total. The van der Waals surface area contributed by atoms with Gasteiger partial charge in [-0.3, -0.25) is 0 Å². The molecule has 4 nitrogen and oxygen atoms in total. The quantitative estimate of drug-likeness (QED) is 0.435. The van der Waals surface area contributed by atoms with Gasteiger partial charge in [0.25, 0.3) is 0 Å². The third kappa shape index (κ3) is 2.25. The molecule has 0 aromatic rings. The number of halogens is 1. The summed E-state index contributed by atoms with van der Waals surface area (Å²) in [5.41, 5.74) is 0. The number of ether oxygens (including phenoxy) is 1. The fourth-order valence-corrected chi connectivity index (χ4v) is 1.79. The van der Waals surface area contributed by atoms with Crippen LogP contribution in [0, 0.1) is 0 Å². The van der Waals surface area contributed by atoms with E-state index in [1.807, 2.05) is 22.6 Å². The molecule has 5 heteroatoms. The Kier molecular flexibility index (Phi) is 3.51. The lowest BCUT2D eigenvalue weighted by Crippen LogP contribution is -2.48. The van der Waals surface area contributed by atoms with Crippen LogP contribution in [0.15, 0.2) is 0 Å². The van der Waals surface area contributed by atoms with Crippen molar-refractivity contribution in [3.05, 3.63) is 0 Å². The predicted octanol–water partition coefficient (Wildman–Crippen LogP) is -0.750. The molecule has 11 heavy (non-hydrogen) atoms. The number of alkyl halides is 1. The minimum atomic E-state index is -0.937. The molecular weight excluding hydrogens is 263 g/mol. The molecule has 1 fully saturated rings. The summed E-state index contributed by atoms with van der Waals surface area (Å²) in [6, 6.07) is 0. The number of aliphatic hydroxyl groups excluding tert-OH is 3. The van der Waals surface area contributed by atoms with E-state index in [0.717, 1.165) is 0 Å². The van der Waals surface area contributed by atoms with Gasteiger partial charge in [-0.25, -0.2) is 0 Å². The Balaban J connectivity index is 2.51. The average Bonchev–Trinajstić information content (AvgIpc) is 1.96. The molecular formula is C6H11IO4. The van der Waals surface area contributed by atoms with Gasteiger partial charge in [-0.05, 0) is 0 Å². The molecule has 1 aliphatic rings. The molecule has 1 saturated heterocycles. The summed E-state index contributed by atoms with van der Waals surface area (Å²) in [6.07, 6.45) is -3.02. The highest BCUT2D eigenvalue weighted by molar-refractivity contribution is 14.1. The molecule has 1 heterocycles. The van der Waals surface area contributed by atoms with Crippen LogP contribution >= 0.6 is 22.6 Å². The van der Waals surface area contributed by atoms with Gasteiger partial charge in [0, 0.05) is 10.8 Å². The van der Waals surface area contributed by atoms with E-state index in [0.29, 0.717) is 4.43 Å². The largest absolute Gasteiger partial charge is 0.390 e. The highest BCUT2D eigenvalue weighted by atomic mass is 127. The van der Waals surface area contributed by atoms with E-state index in [9.17, 15) is 5.11 Å². The molecule has 0 amide bonds. The van der Waals surface area contributed by atoms with Crippen LogP contribution in [0.2, 0.25) is 0 Å². The van der Waals surface area contributed by atoms with Crippen molar-refractivity contribution in [2.45, 2.75) is 31.0 Å². The van der Waals surface area contributed by atoms with E-state index < -0.39 is 24.6 Å². The third-order valence-corrected chi connectivity index (χ3v) is 2.57. The number of aliphatic hydroxyl groups is 3. The maximum atomic E-state index is 9.26. The standard InChI is InChI=1S/C6H11IO4/c7-2-4-6(10)3(8)1-5(9)11-4/h3-6,8-10H,1-2H2/t3-,4-,5?,6-/m1/s1. The minimum Gasteiger partial charge on any atom is -0.390 e. The molecule has 66 valence electrons. The van der Waals surface area contributed by atoms with Crippen LogP contribution in [0.25, 0.3) is 0 Å². The van der Waals surface area contributed by atoms with Crippen molar-refractivity contribution in [2.24, 2.45) is 0 Å². The first-order valence-electron chi connectivity index (χ1n) is 3.40. The van der Waals surface area contributed by atoms with Crippen LogP contribution in [0.4, 0.5) is 0 Å². The second-order valence-corrected chi connectivity index (χ2v) is 3.46. The second kappa shape index (κ2) is 3.99. The normalized spacial score (nSPS) is 45.8. The van der Waals surface area contributed by atoms with Crippen LogP contribution in [0.1, 0.15) is 6.42 Å². The molecule has 1 unspecified atom stereocenters. The number of hydrogen-bond donors (Lipinski definition) is 3. The van der Waals surface area contributed by atoms with Crippen molar-refractivity contribution in [1.82, 2.24) is 0 Å². The van der Waals surface area contributed by atoms with Crippen molar-refractivity contribution in [2.75, 3.05) is 4.43 Å². The second-order valence-electron chi connectivity index (χ2n) is 2.58. The summed E-state index contributed by atoms with van der Waals surface area (Å²) in [5.74, 6) is 0. The van der Waals surface area contributed by atoms with E-state index in [-0.39, 0.29) is 6.42 Å².